The van der Waals surface area contributed by atoms with E-state index in [0.717, 1.165) is 11.3 Å². The Morgan fingerprint density at radius 2 is 1.79 bits per heavy atom. The van der Waals surface area contributed by atoms with E-state index >= 15 is 0 Å². The van der Waals surface area contributed by atoms with E-state index in [9.17, 15) is 9.59 Å². The first-order valence-electron chi connectivity index (χ1n) is 9.08. The van der Waals surface area contributed by atoms with Crippen molar-refractivity contribution in [2.75, 3.05) is 33.0 Å². The molecule has 0 aliphatic carbocycles. The molecule has 1 amide bonds. The maximum atomic E-state index is 11.8. The SMILES string of the molecule is N#Cc1ccc(OCC(=O)OCC(=O)NCCc2ccc3c(c2)OCCO3)cc1. The second kappa shape index (κ2) is 9.99. The summed E-state index contributed by atoms with van der Waals surface area (Å²) >= 11 is 0. The lowest BCUT2D eigenvalue weighted by molar-refractivity contribution is -0.150. The number of nitrogens with one attached hydrogen (secondary N) is 1. The maximum Gasteiger partial charge on any atom is 0.344 e. The zero-order valence-electron chi connectivity index (χ0n) is 15.7. The molecule has 2 aromatic rings. The van der Waals surface area contributed by atoms with Crippen LogP contribution in [0.2, 0.25) is 0 Å². The van der Waals surface area contributed by atoms with Crippen LogP contribution >= 0.6 is 0 Å². The molecule has 8 heteroatoms. The number of nitrogens with zero attached hydrogens (tertiary/aromatic N) is 1. The van der Waals surface area contributed by atoms with Gasteiger partial charge in [-0.3, -0.25) is 4.79 Å². The predicted octanol–water partition coefficient (Wildman–Crippen LogP) is 1.61. The Morgan fingerprint density at radius 3 is 2.55 bits per heavy atom. The Hall–Kier alpha value is -3.73. The molecule has 0 radical (unpaired) electrons. The fraction of sp³-hybridized carbons (Fsp3) is 0.286. The van der Waals surface area contributed by atoms with Crippen molar-refractivity contribution >= 4 is 11.9 Å². The van der Waals surface area contributed by atoms with Crippen LogP contribution in [0.1, 0.15) is 11.1 Å². The summed E-state index contributed by atoms with van der Waals surface area (Å²) in [6.07, 6.45) is 0.609. The number of esters is 1. The minimum Gasteiger partial charge on any atom is -0.486 e. The molecular weight excluding hydrogens is 376 g/mol. The van der Waals surface area contributed by atoms with E-state index in [-0.39, 0.29) is 13.2 Å². The van der Waals surface area contributed by atoms with Crippen molar-refractivity contribution < 1.29 is 28.5 Å². The second-order valence-corrected chi connectivity index (χ2v) is 6.16. The van der Waals surface area contributed by atoms with E-state index in [1.165, 1.54) is 0 Å². The number of nitriles is 1. The van der Waals surface area contributed by atoms with Crippen LogP contribution < -0.4 is 19.5 Å². The Morgan fingerprint density at radius 1 is 1.03 bits per heavy atom. The molecule has 3 rings (SSSR count). The van der Waals surface area contributed by atoms with Crippen molar-refractivity contribution in [2.45, 2.75) is 6.42 Å². The summed E-state index contributed by atoms with van der Waals surface area (Å²) in [5.74, 6) is 0.811. The van der Waals surface area contributed by atoms with E-state index in [1.807, 2.05) is 24.3 Å². The number of rotatable bonds is 8. The van der Waals surface area contributed by atoms with Gasteiger partial charge in [-0.15, -0.1) is 0 Å². The van der Waals surface area contributed by atoms with Gasteiger partial charge in [0.05, 0.1) is 11.6 Å². The van der Waals surface area contributed by atoms with Gasteiger partial charge in [-0.2, -0.15) is 5.26 Å². The molecule has 0 saturated carbocycles. The Balaban J connectivity index is 1.32. The van der Waals surface area contributed by atoms with E-state index < -0.39 is 11.9 Å². The summed E-state index contributed by atoms with van der Waals surface area (Å²) in [5, 5.41) is 11.4. The van der Waals surface area contributed by atoms with Crippen LogP contribution in [-0.4, -0.2) is 44.8 Å². The van der Waals surface area contributed by atoms with E-state index in [2.05, 4.69) is 5.32 Å². The highest BCUT2D eigenvalue weighted by molar-refractivity contribution is 5.80. The number of hydrogen-bond donors (Lipinski definition) is 1. The fourth-order valence-electron chi connectivity index (χ4n) is 2.60. The largest absolute Gasteiger partial charge is 0.486 e. The van der Waals surface area contributed by atoms with Gasteiger partial charge in [-0.05, 0) is 48.4 Å². The monoisotopic (exact) mass is 396 g/mol. The average Bonchev–Trinajstić information content (AvgIpc) is 2.76. The van der Waals surface area contributed by atoms with Crippen molar-refractivity contribution in [2.24, 2.45) is 0 Å². The molecule has 0 aromatic heterocycles. The fourth-order valence-corrected chi connectivity index (χ4v) is 2.60. The summed E-state index contributed by atoms with van der Waals surface area (Å²) in [6, 6.07) is 14.0. The number of amides is 1. The number of fused-ring (bicyclic) bond motifs is 1. The molecule has 1 N–H and O–H groups in total. The molecule has 1 aliphatic heterocycles. The summed E-state index contributed by atoms with van der Waals surface area (Å²) < 4.78 is 21.1. The molecular formula is C21H20N2O6. The van der Waals surface area contributed by atoms with E-state index in [0.29, 0.717) is 43.2 Å². The van der Waals surface area contributed by atoms with E-state index in [1.54, 1.807) is 24.3 Å². The van der Waals surface area contributed by atoms with Crippen LogP contribution in [0.5, 0.6) is 17.2 Å². The van der Waals surface area contributed by atoms with Crippen molar-refractivity contribution in [3.8, 4) is 23.3 Å². The van der Waals surface area contributed by atoms with Crippen molar-refractivity contribution in [3.63, 3.8) is 0 Å². The predicted molar refractivity (Wildman–Crippen MR) is 102 cm³/mol. The first kappa shape index (κ1) is 20.0. The number of hydrogen-bond acceptors (Lipinski definition) is 7. The Labute approximate surface area is 167 Å². The van der Waals surface area contributed by atoms with E-state index in [4.69, 9.17) is 24.2 Å². The lowest BCUT2D eigenvalue weighted by Crippen LogP contribution is -2.31. The zero-order valence-corrected chi connectivity index (χ0v) is 15.7. The van der Waals surface area contributed by atoms with Gasteiger partial charge < -0.3 is 24.3 Å². The maximum absolute atomic E-state index is 11.8. The van der Waals surface area contributed by atoms with Crippen LogP contribution in [0, 0.1) is 11.3 Å². The van der Waals surface area contributed by atoms with Gasteiger partial charge in [0, 0.05) is 6.54 Å². The number of ether oxygens (including phenoxy) is 4. The van der Waals surface area contributed by atoms with Gasteiger partial charge in [0.2, 0.25) is 0 Å². The van der Waals surface area contributed by atoms with Crippen LogP contribution in [0.25, 0.3) is 0 Å². The summed E-state index contributed by atoms with van der Waals surface area (Å²) in [5.41, 5.74) is 1.50. The molecule has 0 unspecified atom stereocenters. The molecule has 1 aliphatic rings. The van der Waals surface area contributed by atoms with Gasteiger partial charge in [0.15, 0.2) is 24.7 Å². The van der Waals surface area contributed by atoms with Gasteiger partial charge in [0.1, 0.15) is 19.0 Å². The molecule has 29 heavy (non-hydrogen) atoms. The van der Waals surface area contributed by atoms with Crippen molar-refractivity contribution in [1.82, 2.24) is 5.32 Å². The summed E-state index contributed by atoms with van der Waals surface area (Å²) in [6.45, 7) is 0.762. The third-order valence-corrected chi connectivity index (χ3v) is 4.05. The first-order chi connectivity index (χ1) is 14.1. The van der Waals surface area contributed by atoms with Crippen LogP contribution in [0.15, 0.2) is 42.5 Å². The quantitative estimate of drug-likeness (QED) is 0.676. The molecule has 0 spiro atoms. The number of carbonyl (C=O) groups excluding carboxylic acids is 2. The Kier molecular flexibility index (Phi) is 6.90. The lowest BCUT2D eigenvalue weighted by Gasteiger charge is -2.18. The molecule has 8 nitrogen and oxygen atoms in total. The third kappa shape index (κ3) is 6.14. The molecule has 0 saturated heterocycles. The van der Waals surface area contributed by atoms with Crippen molar-refractivity contribution in [3.05, 3.63) is 53.6 Å². The zero-order chi connectivity index (χ0) is 20.5. The molecule has 0 atom stereocenters. The molecule has 0 bridgehead atoms. The third-order valence-electron chi connectivity index (χ3n) is 4.05. The van der Waals surface area contributed by atoms with Crippen molar-refractivity contribution in [1.29, 1.82) is 5.26 Å². The number of benzene rings is 2. The van der Waals surface area contributed by atoms with Gasteiger partial charge in [-0.25, -0.2) is 4.79 Å². The second-order valence-electron chi connectivity index (χ2n) is 6.16. The standard InChI is InChI=1S/C21H20N2O6/c22-12-16-1-4-17(5-2-16)28-14-21(25)29-13-20(24)23-8-7-15-3-6-18-19(11-15)27-10-9-26-18/h1-6,11H,7-10,13-14H2,(H,23,24). The smallest absolute Gasteiger partial charge is 0.344 e. The molecule has 150 valence electrons. The van der Waals surface area contributed by atoms with Gasteiger partial charge >= 0.3 is 5.97 Å². The average molecular weight is 396 g/mol. The van der Waals surface area contributed by atoms with Gasteiger partial charge in [0.25, 0.3) is 5.91 Å². The highest BCUT2D eigenvalue weighted by atomic mass is 16.6. The first-order valence-corrected chi connectivity index (χ1v) is 9.08. The van der Waals surface area contributed by atoms with Gasteiger partial charge in [-0.1, -0.05) is 6.07 Å². The highest BCUT2D eigenvalue weighted by Crippen LogP contribution is 2.30. The van der Waals surface area contributed by atoms with Crippen LogP contribution in [-0.2, 0) is 20.7 Å². The highest BCUT2D eigenvalue weighted by Gasteiger charge is 2.12. The van der Waals surface area contributed by atoms with Crippen LogP contribution in [0.3, 0.4) is 0 Å². The normalized spacial score (nSPS) is 11.8. The molecule has 2 aromatic carbocycles. The Bertz CT molecular complexity index is 904. The topological polar surface area (TPSA) is 107 Å². The lowest BCUT2D eigenvalue weighted by atomic mass is 10.1. The minimum absolute atomic E-state index is 0.323. The summed E-state index contributed by atoms with van der Waals surface area (Å²) in [7, 11) is 0. The summed E-state index contributed by atoms with van der Waals surface area (Å²) in [4.78, 5) is 23.5. The molecule has 0 fully saturated rings. The minimum atomic E-state index is -0.656. The number of carbonyl (C=O) groups is 2. The molecule has 1 heterocycles. The van der Waals surface area contributed by atoms with Crippen LogP contribution in [0.4, 0.5) is 0 Å².